The van der Waals surface area contributed by atoms with Crippen LogP contribution in [0.5, 0.6) is 0 Å². The van der Waals surface area contributed by atoms with Crippen molar-refractivity contribution in [2.75, 3.05) is 13.1 Å². The molecule has 1 saturated heterocycles. The zero-order valence-electron chi connectivity index (χ0n) is 7.16. The van der Waals surface area contributed by atoms with Gasteiger partial charge in [0.25, 0.3) is 0 Å². The second kappa shape index (κ2) is 3.11. The van der Waals surface area contributed by atoms with Gasteiger partial charge in [-0.3, -0.25) is 4.90 Å². The van der Waals surface area contributed by atoms with Gasteiger partial charge >= 0.3 is 0 Å². The van der Waals surface area contributed by atoms with Crippen molar-refractivity contribution in [3.63, 3.8) is 0 Å². The van der Waals surface area contributed by atoms with Gasteiger partial charge in [0, 0.05) is 19.6 Å². The van der Waals surface area contributed by atoms with Gasteiger partial charge in [-0.15, -0.1) is 0 Å². The summed E-state index contributed by atoms with van der Waals surface area (Å²) in [6, 6.07) is 8.59. The van der Waals surface area contributed by atoms with Crippen LogP contribution in [-0.4, -0.2) is 18.0 Å². The largest absolute Gasteiger partial charge is 0.297 e. The van der Waals surface area contributed by atoms with Gasteiger partial charge < -0.3 is 0 Å². The number of benzene rings is 1. The summed E-state index contributed by atoms with van der Waals surface area (Å²) >= 11 is 0. The van der Waals surface area contributed by atoms with Crippen LogP contribution in [0.15, 0.2) is 30.8 Å². The highest BCUT2D eigenvalue weighted by atomic mass is 15.2. The average molecular weight is 159 g/mol. The van der Waals surface area contributed by atoms with Crippen molar-refractivity contribution in [2.45, 2.75) is 6.54 Å². The second-order valence-corrected chi connectivity index (χ2v) is 3.22. The molecule has 0 amide bonds. The predicted molar refractivity (Wildman–Crippen MR) is 51.8 cm³/mol. The normalized spacial score (nSPS) is 16.0. The molecular formula is C11H13N. The number of rotatable bonds is 3. The minimum absolute atomic E-state index is 1.11. The fraction of sp³-hybridized carbons (Fsp3) is 0.273. The molecule has 0 aromatic heterocycles. The lowest BCUT2D eigenvalue weighted by atomic mass is 10.1. The summed E-state index contributed by atoms with van der Waals surface area (Å²) in [5, 5.41) is 0. The van der Waals surface area contributed by atoms with E-state index < -0.39 is 0 Å². The van der Waals surface area contributed by atoms with E-state index in [2.05, 4.69) is 35.7 Å². The highest BCUT2D eigenvalue weighted by molar-refractivity contribution is 5.47. The van der Waals surface area contributed by atoms with E-state index >= 15 is 0 Å². The molecule has 1 aliphatic heterocycles. The van der Waals surface area contributed by atoms with Crippen LogP contribution < -0.4 is 0 Å². The first-order valence-electron chi connectivity index (χ1n) is 4.32. The van der Waals surface area contributed by atoms with Gasteiger partial charge in [0.15, 0.2) is 0 Å². The Morgan fingerprint density at radius 3 is 2.42 bits per heavy atom. The Hall–Kier alpha value is -1.08. The van der Waals surface area contributed by atoms with Crippen molar-refractivity contribution in [1.82, 2.24) is 4.90 Å². The summed E-state index contributed by atoms with van der Waals surface area (Å²) in [5.74, 6) is 0. The first-order valence-corrected chi connectivity index (χ1v) is 4.32. The van der Waals surface area contributed by atoms with E-state index in [0.717, 1.165) is 6.54 Å². The van der Waals surface area contributed by atoms with Gasteiger partial charge in [-0.25, -0.2) is 0 Å². The quantitative estimate of drug-likeness (QED) is 0.611. The van der Waals surface area contributed by atoms with Crippen LogP contribution in [0.1, 0.15) is 11.1 Å². The van der Waals surface area contributed by atoms with E-state index in [4.69, 9.17) is 0 Å². The maximum Gasteiger partial charge on any atom is 0.0234 e. The summed E-state index contributed by atoms with van der Waals surface area (Å²) in [4.78, 5) is 2.41. The molecule has 62 valence electrons. The lowest BCUT2D eigenvalue weighted by Crippen LogP contribution is -1.95. The van der Waals surface area contributed by atoms with E-state index in [-0.39, 0.29) is 0 Å². The van der Waals surface area contributed by atoms with Crippen molar-refractivity contribution < 1.29 is 0 Å². The van der Waals surface area contributed by atoms with Gasteiger partial charge in [-0.05, 0) is 11.1 Å². The lowest BCUT2D eigenvalue weighted by Gasteiger charge is -2.01. The highest BCUT2D eigenvalue weighted by Crippen LogP contribution is 2.12. The van der Waals surface area contributed by atoms with Crippen molar-refractivity contribution in [2.24, 2.45) is 0 Å². The van der Waals surface area contributed by atoms with Crippen LogP contribution in [0.3, 0.4) is 0 Å². The molecule has 2 rings (SSSR count). The number of hydrogen-bond donors (Lipinski definition) is 0. The van der Waals surface area contributed by atoms with E-state index in [1.807, 2.05) is 6.08 Å². The average Bonchev–Trinajstić information content (AvgIpc) is 2.90. The van der Waals surface area contributed by atoms with E-state index in [0.29, 0.717) is 0 Å². The molecule has 0 unspecified atom stereocenters. The van der Waals surface area contributed by atoms with Crippen LogP contribution in [0.25, 0.3) is 6.08 Å². The molecule has 0 aliphatic carbocycles. The van der Waals surface area contributed by atoms with Crippen molar-refractivity contribution in [1.29, 1.82) is 0 Å². The predicted octanol–water partition coefficient (Wildman–Crippen LogP) is 2.15. The summed E-state index contributed by atoms with van der Waals surface area (Å²) in [6.07, 6.45) is 1.88. The molecule has 0 saturated carbocycles. The zero-order valence-corrected chi connectivity index (χ0v) is 7.16. The molecule has 0 bridgehead atoms. The Kier molecular flexibility index (Phi) is 1.96. The minimum atomic E-state index is 1.11. The first kappa shape index (κ1) is 7.56. The molecule has 1 fully saturated rings. The van der Waals surface area contributed by atoms with E-state index in [1.54, 1.807) is 0 Å². The minimum Gasteiger partial charge on any atom is -0.297 e. The molecular weight excluding hydrogens is 146 g/mol. The third-order valence-electron chi connectivity index (χ3n) is 2.16. The van der Waals surface area contributed by atoms with Crippen LogP contribution >= 0.6 is 0 Å². The topological polar surface area (TPSA) is 3.01 Å². The van der Waals surface area contributed by atoms with Crippen molar-refractivity contribution in [3.8, 4) is 0 Å². The Morgan fingerprint density at radius 2 is 1.92 bits per heavy atom. The first-order chi connectivity index (χ1) is 5.88. The van der Waals surface area contributed by atoms with E-state index in [9.17, 15) is 0 Å². The zero-order chi connectivity index (χ0) is 8.39. The molecule has 0 N–H and O–H groups in total. The fourth-order valence-electron chi connectivity index (χ4n) is 1.25. The van der Waals surface area contributed by atoms with Gasteiger partial charge in [0.1, 0.15) is 0 Å². The second-order valence-electron chi connectivity index (χ2n) is 3.22. The highest BCUT2D eigenvalue weighted by Gasteiger charge is 2.16. The van der Waals surface area contributed by atoms with Gasteiger partial charge in [-0.2, -0.15) is 0 Å². The van der Waals surface area contributed by atoms with Gasteiger partial charge in [0.05, 0.1) is 0 Å². The maximum atomic E-state index is 3.72. The van der Waals surface area contributed by atoms with E-state index in [1.165, 1.54) is 24.2 Å². The molecule has 0 radical (unpaired) electrons. The summed E-state index contributed by atoms with van der Waals surface area (Å²) in [6.45, 7) is 7.37. The van der Waals surface area contributed by atoms with Crippen LogP contribution in [-0.2, 0) is 6.54 Å². The smallest absolute Gasteiger partial charge is 0.0234 e. The molecule has 1 aliphatic rings. The molecule has 0 spiro atoms. The summed E-state index contributed by atoms with van der Waals surface area (Å²) in [7, 11) is 0. The molecule has 0 atom stereocenters. The standard InChI is InChI=1S/C11H13N/c1-2-10-3-5-11(6-4-10)9-12-7-8-12/h2-6H,1,7-9H2. The molecule has 12 heavy (non-hydrogen) atoms. The monoisotopic (exact) mass is 159 g/mol. The van der Waals surface area contributed by atoms with Crippen molar-refractivity contribution >= 4 is 6.08 Å². The third-order valence-corrected chi connectivity index (χ3v) is 2.16. The molecule has 1 heterocycles. The van der Waals surface area contributed by atoms with Crippen LogP contribution in [0.4, 0.5) is 0 Å². The van der Waals surface area contributed by atoms with Crippen LogP contribution in [0, 0.1) is 0 Å². The summed E-state index contributed by atoms with van der Waals surface area (Å²) < 4.78 is 0. The van der Waals surface area contributed by atoms with Crippen LogP contribution in [0.2, 0.25) is 0 Å². The van der Waals surface area contributed by atoms with Gasteiger partial charge in [0.2, 0.25) is 0 Å². The SMILES string of the molecule is C=Cc1ccc(CN2CC2)cc1. The fourth-order valence-corrected chi connectivity index (χ4v) is 1.25. The molecule has 1 heteroatoms. The Balaban J connectivity index is 2.07. The number of hydrogen-bond acceptors (Lipinski definition) is 1. The third kappa shape index (κ3) is 1.74. The van der Waals surface area contributed by atoms with Gasteiger partial charge in [-0.1, -0.05) is 36.9 Å². The molecule has 1 aromatic rings. The summed E-state index contributed by atoms with van der Waals surface area (Å²) in [5.41, 5.74) is 2.60. The molecule has 1 nitrogen and oxygen atoms in total. The number of nitrogens with zero attached hydrogens (tertiary/aromatic N) is 1. The maximum absolute atomic E-state index is 3.72. The Morgan fingerprint density at radius 1 is 1.25 bits per heavy atom. The van der Waals surface area contributed by atoms with Crippen molar-refractivity contribution in [3.05, 3.63) is 42.0 Å². The Labute approximate surface area is 73.3 Å². The Bertz CT molecular complexity index is 270. The molecule has 1 aromatic carbocycles. The lowest BCUT2D eigenvalue weighted by molar-refractivity contribution is 0.556.